The van der Waals surface area contributed by atoms with Crippen LogP contribution in [0.4, 0.5) is 5.69 Å². The van der Waals surface area contributed by atoms with Crippen molar-refractivity contribution in [1.29, 1.82) is 0 Å². The second kappa shape index (κ2) is 5.11. The molecule has 2 aromatic rings. The molecule has 1 aromatic heterocycles. The summed E-state index contributed by atoms with van der Waals surface area (Å²) in [5.41, 5.74) is -0.106. The molecule has 0 aliphatic heterocycles. The SMILES string of the molecule is O=[N+]([O-])c1cc(Br)ccc1Oc1nc(Br)cs1. The van der Waals surface area contributed by atoms with Crippen molar-refractivity contribution in [3.63, 3.8) is 0 Å². The van der Waals surface area contributed by atoms with Crippen molar-refractivity contribution >= 4 is 48.9 Å². The molecule has 1 aromatic carbocycles. The Balaban J connectivity index is 2.35. The van der Waals surface area contributed by atoms with Crippen LogP contribution in [0.5, 0.6) is 10.9 Å². The Hall–Kier alpha value is -0.990. The minimum Gasteiger partial charge on any atom is -0.423 e. The first-order chi connectivity index (χ1) is 8.06. The van der Waals surface area contributed by atoms with E-state index in [4.69, 9.17) is 4.74 Å². The Labute approximate surface area is 117 Å². The predicted molar refractivity (Wildman–Crippen MR) is 70.7 cm³/mol. The maximum atomic E-state index is 10.8. The van der Waals surface area contributed by atoms with E-state index in [1.54, 1.807) is 11.4 Å². The number of thiazole rings is 1. The standard InChI is InChI=1S/C9H4Br2N2O3S/c10-5-1-2-7(6(3-5)13(14)15)16-9-12-8(11)4-17-9/h1-4H. The van der Waals surface area contributed by atoms with Gasteiger partial charge in [-0.2, -0.15) is 4.98 Å². The fourth-order valence-corrected chi connectivity index (χ4v) is 2.55. The largest absolute Gasteiger partial charge is 0.423 e. The third kappa shape index (κ3) is 3.02. The van der Waals surface area contributed by atoms with Crippen LogP contribution in [0.2, 0.25) is 0 Å². The second-order valence-corrected chi connectivity index (χ2v) is 5.46. The van der Waals surface area contributed by atoms with Gasteiger partial charge in [-0.25, -0.2) is 0 Å². The van der Waals surface area contributed by atoms with Gasteiger partial charge in [0.15, 0.2) is 0 Å². The van der Waals surface area contributed by atoms with Crippen molar-refractivity contribution in [2.75, 3.05) is 0 Å². The van der Waals surface area contributed by atoms with E-state index in [0.717, 1.165) is 0 Å². The highest BCUT2D eigenvalue weighted by atomic mass is 79.9. The van der Waals surface area contributed by atoms with E-state index in [-0.39, 0.29) is 11.4 Å². The van der Waals surface area contributed by atoms with Gasteiger partial charge in [0.1, 0.15) is 4.60 Å². The number of aromatic nitrogens is 1. The average molecular weight is 380 g/mol. The van der Waals surface area contributed by atoms with Gasteiger partial charge in [-0.1, -0.05) is 27.3 Å². The minimum atomic E-state index is -0.497. The van der Waals surface area contributed by atoms with E-state index in [2.05, 4.69) is 36.8 Å². The normalized spacial score (nSPS) is 10.2. The van der Waals surface area contributed by atoms with Crippen molar-refractivity contribution in [2.45, 2.75) is 0 Å². The van der Waals surface area contributed by atoms with Crippen molar-refractivity contribution < 1.29 is 9.66 Å². The van der Waals surface area contributed by atoms with E-state index in [0.29, 0.717) is 14.3 Å². The van der Waals surface area contributed by atoms with Gasteiger partial charge in [0.25, 0.3) is 5.19 Å². The van der Waals surface area contributed by atoms with Gasteiger partial charge in [-0.15, -0.1) is 0 Å². The molecule has 0 aliphatic carbocycles. The molecule has 0 fully saturated rings. The van der Waals surface area contributed by atoms with Gasteiger partial charge < -0.3 is 4.74 Å². The molecule has 0 saturated heterocycles. The van der Waals surface area contributed by atoms with E-state index < -0.39 is 4.92 Å². The fourth-order valence-electron chi connectivity index (χ4n) is 1.10. The Morgan fingerprint density at radius 2 is 2.18 bits per heavy atom. The maximum Gasteiger partial charge on any atom is 0.312 e. The van der Waals surface area contributed by atoms with Crippen LogP contribution in [0.15, 0.2) is 32.7 Å². The summed E-state index contributed by atoms with van der Waals surface area (Å²) in [6, 6.07) is 4.58. The Morgan fingerprint density at radius 3 is 2.76 bits per heavy atom. The molecule has 0 N–H and O–H groups in total. The molecule has 0 atom stereocenters. The van der Waals surface area contributed by atoms with Gasteiger partial charge in [-0.3, -0.25) is 10.1 Å². The summed E-state index contributed by atoms with van der Waals surface area (Å²) in [6.45, 7) is 0. The van der Waals surface area contributed by atoms with Gasteiger partial charge in [0, 0.05) is 15.9 Å². The van der Waals surface area contributed by atoms with Crippen LogP contribution in [-0.4, -0.2) is 9.91 Å². The van der Waals surface area contributed by atoms with Crippen molar-refractivity contribution in [1.82, 2.24) is 4.98 Å². The van der Waals surface area contributed by atoms with Crippen LogP contribution in [0, 0.1) is 10.1 Å². The van der Waals surface area contributed by atoms with Crippen LogP contribution < -0.4 is 4.74 Å². The van der Waals surface area contributed by atoms with Crippen molar-refractivity contribution in [3.8, 4) is 10.9 Å². The van der Waals surface area contributed by atoms with Gasteiger partial charge in [-0.05, 0) is 28.1 Å². The number of nitro groups is 1. The highest BCUT2D eigenvalue weighted by molar-refractivity contribution is 9.10. The zero-order valence-corrected chi connectivity index (χ0v) is 12.1. The summed E-state index contributed by atoms with van der Waals surface area (Å²) in [5.74, 6) is 0.167. The van der Waals surface area contributed by atoms with Crippen molar-refractivity contribution in [2.24, 2.45) is 0 Å². The lowest BCUT2D eigenvalue weighted by molar-refractivity contribution is -0.385. The third-order valence-electron chi connectivity index (χ3n) is 1.77. The monoisotopic (exact) mass is 378 g/mol. The number of nitrogens with zero attached hydrogens (tertiary/aromatic N) is 2. The first kappa shape index (κ1) is 12.5. The molecule has 0 saturated carbocycles. The Bertz CT molecular complexity index is 573. The van der Waals surface area contributed by atoms with Crippen LogP contribution in [0.1, 0.15) is 0 Å². The molecule has 0 amide bonds. The minimum absolute atomic E-state index is 0.106. The number of halogens is 2. The van der Waals surface area contributed by atoms with Crippen LogP contribution in [0.25, 0.3) is 0 Å². The molecule has 0 unspecified atom stereocenters. The topological polar surface area (TPSA) is 65.3 Å². The highest BCUT2D eigenvalue weighted by Gasteiger charge is 2.17. The smallest absolute Gasteiger partial charge is 0.312 e. The second-order valence-electron chi connectivity index (χ2n) is 2.91. The third-order valence-corrected chi connectivity index (χ3v) is 3.69. The van der Waals surface area contributed by atoms with E-state index >= 15 is 0 Å². The van der Waals surface area contributed by atoms with Gasteiger partial charge >= 0.3 is 5.69 Å². The summed E-state index contributed by atoms with van der Waals surface area (Å²) in [6.07, 6.45) is 0. The van der Waals surface area contributed by atoms with Crippen molar-refractivity contribution in [3.05, 3.63) is 42.8 Å². The van der Waals surface area contributed by atoms with E-state index in [9.17, 15) is 10.1 Å². The molecule has 0 radical (unpaired) electrons. The molecule has 0 aliphatic rings. The van der Waals surface area contributed by atoms with Crippen LogP contribution in [-0.2, 0) is 0 Å². The lowest BCUT2D eigenvalue weighted by Crippen LogP contribution is -1.93. The van der Waals surface area contributed by atoms with Crippen LogP contribution in [0.3, 0.4) is 0 Å². The molecular formula is C9H4Br2N2O3S. The molecule has 0 bridgehead atoms. The predicted octanol–water partition coefficient (Wildman–Crippen LogP) is 4.37. The molecule has 0 spiro atoms. The quantitative estimate of drug-likeness (QED) is 0.586. The number of rotatable bonds is 3. The number of nitro benzene ring substituents is 1. The zero-order chi connectivity index (χ0) is 12.4. The maximum absolute atomic E-state index is 10.8. The molecule has 5 nitrogen and oxygen atoms in total. The Kier molecular flexibility index (Phi) is 3.75. The first-order valence-electron chi connectivity index (χ1n) is 4.29. The van der Waals surface area contributed by atoms with Crippen LogP contribution >= 0.6 is 43.2 Å². The fraction of sp³-hybridized carbons (Fsp3) is 0. The summed E-state index contributed by atoms with van der Waals surface area (Å²) in [4.78, 5) is 14.4. The summed E-state index contributed by atoms with van der Waals surface area (Å²) >= 11 is 7.61. The molecule has 8 heteroatoms. The molecule has 17 heavy (non-hydrogen) atoms. The van der Waals surface area contributed by atoms with E-state index in [1.807, 2.05) is 0 Å². The molecular weight excluding hydrogens is 376 g/mol. The number of hydrogen-bond donors (Lipinski definition) is 0. The lowest BCUT2D eigenvalue weighted by Gasteiger charge is -2.02. The lowest BCUT2D eigenvalue weighted by atomic mass is 10.3. The van der Waals surface area contributed by atoms with Gasteiger partial charge in [0.05, 0.1) is 4.92 Å². The average Bonchev–Trinajstić information content (AvgIpc) is 2.66. The number of ether oxygens (including phenoxy) is 1. The Morgan fingerprint density at radius 1 is 1.41 bits per heavy atom. The first-order valence-corrected chi connectivity index (χ1v) is 6.75. The number of benzene rings is 1. The van der Waals surface area contributed by atoms with E-state index in [1.165, 1.54) is 23.5 Å². The summed E-state index contributed by atoms with van der Waals surface area (Å²) in [5, 5.41) is 12.9. The number of hydrogen-bond acceptors (Lipinski definition) is 5. The van der Waals surface area contributed by atoms with Gasteiger partial charge in [0.2, 0.25) is 5.75 Å². The highest BCUT2D eigenvalue weighted by Crippen LogP contribution is 2.35. The molecule has 2 rings (SSSR count). The summed E-state index contributed by atoms with van der Waals surface area (Å²) < 4.78 is 6.62. The zero-order valence-electron chi connectivity index (χ0n) is 8.09. The molecule has 88 valence electrons. The summed E-state index contributed by atoms with van der Waals surface area (Å²) in [7, 11) is 0. The molecule has 1 heterocycles.